The van der Waals surface area contributed by atoms with E-state index >= 15 is 0 Å². The van der Waals surface area contributed by atoms with Gasteiger partial charge in [-0.05, 0) is 24.8 Å². The SMILES string of the molecule is CCNC1C(N2CCOCC2)CCCC1(C)C. The Balaban J connectivity index is 2.06. The van der Waals surface area contributed by atoms with Gasteiger partial charge in [0.2, 0.25) is 0 Å². The molecular weight excluding hydrogens is 212 g/mol. The molecule has 1 N–H and O–H groups in total. The highest BCUT2D eigenvalue weighted by Crippen LogP contribution is 2.37. The summed E-state index contributed by atoms with van der Waals surface area (Å²) in [6.07, 6.45) is 4.07. The molecule has 2 fully saturated rings. The first-order chi connectivity index (χ1) is 8.15. The number of morpholine rings is 1. The van der Waals surface area contributed by atoms with Crippen molar-refractivity contribution in [3.8, 4) is 0 Å². The van der Waals surface area contributed by atoms with Crippen LogP contribution in [0.15, 0.2) is 0 Å². The topological polar surface area (TPSA) is 24.5 Å². The molecule has 1 saturated carbocycles. The Morgan fingerprint density at radius 1 is 1.29 bits per heavy atom. The smallest absolute Gasteiger partial charge is 0.0594 e. The second-order valence-corrected chi connectivity index (χ2v) is 6.13. The lowest BCUT2D eigenvalue weighted by Gasteiger charge is -2.49. The van der Waals surface area contributed by atoms with Gasteiger partial charge in [0.25, 0.3) is 0 Å². The molecule has 1 saturated heterocycles. The molecule has 2 rings (SSSR count). The molecule has 0 aromatic carbocycles. The molecule has 0 radical (unpaired) electrons. The summed E-state index contributed by atoms with van der Waals surface area (Å²) in [6, 6.07) is 1.35. The Morgan fingerprint density at radius 2 is 2.00 bits per heavy atom. The molecule has 100 valence electrons. The van der Waals surface area contributed by atoms with Crippen molar-refractivity contribution in [1.29, 1.82) is 0 Å². The molecule has 0 amide bonds. The van der Waals surface area contributed by atoms with Gasteiger partial charge < -0.3 is 10.1 Å². The molecule has 2 atom stereocenters. The fourth-order valence-corrected chi connectivity index (χ4v) is 3.54. The largest absolute Gasteiger partial charge is 0.379 e. The highest BCUT2D eigenvalue weighted by atomic mass is 16.5. The molecule has 0 aromatic heterocycles. The van der Waals surface area contributed by atoms with Crippen molar-refractivity contribution < 1.29 is 4.74 Å². The summed E-state index contributed by atoms with van der Waals surface area (Å²) in [5.41, 5.74) is 0.428. The Bertz CT molecular complexity index is 236. The van der Waals surface area contributed by atoms with Gasteiger partial charge in [0, 0.05) is 25.2 Å². The first kappa shape index (κ1) is 13.3. The molecule has 1 aliphatic heterocycles. The number of ether oxygens (including phenoxy) is 1. The maximum absolute atomic E-state index is 5.48. The zero-order valence-electron chi connectivity index (χ0n) is 11.7. The minimum Gasteiger partial charge on any atom is -0.379 e. The Kier molecular flexibility index (Phi) is 4.45. The maximum atomic E-state index is 5.48. The van der Waals surface area contributed by atoms with E-state index in [4.69, 9.17) is 4.74 Å². The number of nitrogens with one attached hydrogen (secondary N) is 1. The van der Waals surface area contributed by atoms with E-state index in [2.05, 4.69) is 31.0 Å². The molecule has 1 heterocycles. The predicted molar refractivity (Wildman–Crippen MR) is 71.3 cm³/mol. The maximum Gasteiger partial charge on any atom is 0.0594 e. The van der Waals surface area contributed by atoms with Crippen molar-refractivity contribution in [1.82, 2.24) is 10.2 Å². The lowest BCUT2D eigenvalue weighted by atomic mass is 9.70. The third-order valence-corrected chi connectivity index (χ3v) is 4.49. The molecule has 2 aliphatic rings. The molecular formula is C14H28N2O. The Hall–Kier alpha value is -0.120. The van der Waals surface area contributed by atoms with Crippen LogP contribution in [0.3, 0.4) is 0 Å². The summed E-state index contributed by atoms with van der Waals surface area (Å²) in [5.74, 6) is 0. The summed E-state index contributed by atoms with van der Waals surface area (Å²) in [4.78, 5) is 2.65. The zero-order chi connectivity index (χ0) is 12.3. The molecule has 3 nitrogen and oxygen atoms in total. The molecule has 2 unspecified atom stereocenters. The number of hydrogen-bond acceptors (Lipinski definition) is 3. The minimum absolute atomic E-state index is 0.428. The first-order valence-corrected chi connectivity index (χ1v) is 7.20. The minimum atomic E-state index is 0.428. The van der Waals surface area contributed by atoms with Crippen LogP contribution in [0.1, 0.15) is 40.0 Å². The van der Waals surface area contributed by atoms with E-state index < -0.39 is 0 Å². The summed E-state index contributed by atoms with van der Waals surface area (Å²) < 4.78 is 5.48. The molecule has 3 heteroatoms. The van der Waals surface area contributed by atoms with Gasteiger partial charge in [-0.3, -0.25) is 4.90 Å². The summed E-state index contributed by atoms with van der Waals surface area (Å²) >= 11 is 0. The van der Waals surface area contributed by atoms with Crippen LogP contribution < -0.4 is 5.32 Å². The molecule has 17 heavy (non-hydrogen) atoms. The number of nitrogens with zero attached hydrogens (tertiary/aromatic N) is 1. The lowest BCUT2D eigenvalue weighted by molar-refractivity contribution is -0.0217. The monoisotopic (exact) mass is 240 g/mol. The van der Waals surface area contributed by atoms with E-state index in [1.165, 1.54) is 19.3 Å². The number of likely N-dealkylation sites (N-methyl/N-ethyl adjacent to an activating group) is 1. The third kappa shape index (κ3) is 3.01. The van der Waals surface area contributed by atoms with E-state index in [0.29, 0.717) is 17.5 Å². The second kappa shape index (κ2) is 5.68. The van der Waals surface area contributed by atoms with Crippen molar-refractivity contribution in [3.63, 3.8) is 0 Å². The van der Waals surface area contributed by atoms with Crippen molar-refractivity contribution in [2.75, 3.05) is 32.8 Å². The summed E-state index contributed by atoms with van der Waals surface area (Å²) in [7, 11) is 0. The highest BCUT2D eigenvalue weighted by Gasteiger charge is 2.41. The van der Waals surface area contributed by atoms with Gasteiger partial charge in [0.15, 0.2) is 0 Å². The van der Waals surface area contributed by atoms with E-state index in [-0.39, 0.29) is 0 Å². The van der Waals surface area contributed by atoms with Crippen molar-refractivity contribution in [2.45, 2.75) is 52.1 Å². The molecule has 0 spiro atoms. The zero-order valence-corrected chi connectivity index (χ0v) is 11.7. The van der Waals surface area contributed by atoms with Gasteiger partial charge in [-0.25, -0.2) is 0 Å². The lowest BCUT2D eigenvalue weighted by Crippen LogP contribution is -2.60. The normalized spacial score (nSPS) is 34.8. The second-order valence-electron chi connectivity index (χ2n) is 6.13. The first-order valence-electron chi connectivity index (χ1n) is 7.20. The van der Waals surface area contributed by atoms with Crippen LogP contribution in [-0.4, -0.2) is 49.8 Å². The van der Waals surface area contributed by atoms with Gasteiger partial charge in [-0.1, -0.05) is 27.2 Å². The average Bonchev–Trinajstić information content (AvgIpc) is 2.33. The quantitative estimate of drug-likeness (QED) is 0.815. The Morgan fingerprint density at radius 3 is 2.65 bits per heavy atom. The van der Waals surface area contributed by atoms with Crippen LogP contribution in [0, 0.1) is 5.41 Å². The van der Waals surface area contributed by atoms with Crippen LogP contribution in [0.2, 0.25) is 0 Å². The van der Waals surface area contributed by atoms with E-state index in [9.17, 15) is 0 Å². The average molecular weight is 240 g/mol. The van der Waals surface area contributed by atoms with Crippen molar-refractivity contribution in [2.24, 2.45) is 5.41 Å². The van der Waals surface area contributed by atoms with Crippen molar-refractivity contribution >= 4 is 0 Å². The fraction of sp³-hybridized carbons (Fsp3) is 1.00. The molecule has 0 bridgehead atoms. The van der Waals surface area contributed by atoms with Crippen molar-refractivity contribution in [3.05, 3.63) is 0 Å². The van der Waals surface area contributed by atoms with Gasteiger partial charge >= 0.3 is 0 Å². The summed E-state index contributed by atoms with van der Waals surface area (Å²) in [6.45, 7) is 12.2. The van der Waals surface area contributed by atoms with Crippen LogP contribution >= 0.6 is 0 Å². The van der Waals surface area contributed by atoms with Gasteiger partial charge in [0.05, 0.1) is 13.2 Å². The van der Waals surface area contributed by atoms with Crippen LogP contribution in [0.5, 0.6) is 0 Å². The third-order valence-electron chi connectivity index (χ3n) is 4.49. The predicted octanol–water partition coefficient (Wildman–Crippen LogP) is 1.88. The molecule has 1 aliphatic carbocycles. The number of hydrogen-bond donors (Lipinski definition) is 1. The standard InChI is InChI=1S/C14H28N2O/c1-4-15-13-12(6-5-7-14(13,2)3)16-8-10-17-11-9-16/h12-13,15H,4-11H2,1-3H3. The van der Waals surface area contributed by atoms with E-state index in [0.717, 1.165) is 32.8 Å². The van der Waals surface area contributed by atoms with E-state index in [1.807, 2.05) is 0 Å². The van der Waals surface area contributed by atoms with Gasteiger partial charge in [-0.2, -0.15) is 0 Å². The Labute approximate surface area is 106 Å². The van der Waals surface area contributed by atoms with Crippen LogP contribution in [-0.2, 0) is 4.74 Å². The number of rotatable bonds is 3. The van der Waals surface area contributed by atoms with Gasteiger partial charge in [-0.15, -0.1) is 0 Å². The highest BCUT2D eigenvalue weighted by molar-refractivity contribution is 4.98. The van der Waals surface area contributed by atoms with E-state index in [1.54, 1.807) is 0 Å². The summed E-state index contributed by atoms with van der Waals surface area (Å²) in [5, 5.41) is 3.74. The van der Waals surface area contributed by atoms with Crippen LogP contribution in [0.25, 0.3) is 0 Å². The van der Waals surface area contributed by atoms with Gasteiger partial charge in [0.1, 0.15) is 0 Å². The molecule has 0 aromatic rings. The fourth-order valence-electron chi connectivity index (χ4n) is 3.54. The van der Waals surface area contributed by atoms with Crippen LogP contribution in [0.4, 0.5) is 0 Å².